The number of aliphatic hydroxyl groups excluding tert-OH is 2. The molecular formula is C62H91ClCoN13O15P-2. The van der Waals surface area contributed by atoms with E-state index in [1.165, 1.54) is 17.8 Å². The normalized spacial score (nSPS) is 33.1. The number of primary amides is 6. The number of ether oxygens (including phenoxy) is 1. The Bertz CT molecular complexity index is 3550. The molecule has 8 bridgehead atoms. The van der Waals surface area contributed by atoms with Gasteiger partial charge in [0.05, 0.1) is 41.3 Å². The maximum absolute atomic E-state index is 14.4. The smallest absolute Gasteiger partial charge is 0.268 e. The van der Waals surface area contributed by atoms with Crippen LogP contribution in [0.25, 0.3) is 16.4 Å². The summed E-state index contributed by atoms with van der Waals surface area (Å²) in [5.41, 5.74) is 36.7. The van der Waals surface area contributed by atoms with Gasteiger partial charge in [-0.3, -0.25) is 53.1 Å². The number of benzene rings is 1. The van der Waals surface area contributed by atoms with E-state index in [1.54, 1.807) is 6.92 Å². The van der Waals surface area contributed by atoms with Crippen molar-refractivity contribution in [3.05, 3.63) is 69.2 Å². The largest absolute Gasteiger partial charge is 0.756 e. The number of allylic oxidation sites excluding steroid dienone is 6. The van der Waals surface area contributed by atoms with Gasteiger partial charge in [0.25, 0.3) is 7.82 Å². The minimum Gasteiger partial charge on any atom is -0.756 e. The number of carbonyl (C=O) groups excluding carboxylic acids is 7. The minimum atomic E-state index is -5.32. The molecule has 0 spiro atoms. The van der Waals surface area contributed by atoms with E-state index in [1.807, 2.05) is 80.5 Å². The van der Waals surface area contributed by atoms with Gasteiger partial charge in [-0.15, -0.1) is 12.4 Å². The number of hydrogen-bond donors (Lipinski definition) is 9. The number of nitrogens with one attached hydrogen (secondary N) is 1. The van der Waals surface area contributed by atoms with Gasteiger partial charge in [-0.05, 0) is 119 Å². The third kappa shape index (κ3) is 14.9. The van der Waals surface area contributed by atoms with Crippen molar-refractivity contribution in [3.63, 3.8) is 0 Å². The number of aryl methyl sites for hydroxylation is 2. The number of fused-ring (bicyclic) bond motifs is 7. The second-order valence-corrected chi connectivity index (χ2v) is 28.3. The van der Waals surface area contributed by atoms with Crippen molar-refractivity contribution in [1.82, 2.24) is 14.9 Å². The van der Waals surface area contributed by atoms with Crippen LogP contribution in [-0.4, -0.2) is 133 Å². The summed E-state index contributed by atoms with van der Waals surface area (Å²) in [7, 11) is -5.32. The fraction of sp³-hybridized carbons (Fsp3) is 0.629. The molecule has 28 nitrogen and oxygen atoms in total. The van der Waals surface area contributed by atoms with Crippen LogP contribution in [0.3, 0.4) is 0 Å². The standard InChI is InChI=1S/C62H90N13O14P.ClH.Co.H2O/c1-29-20-39-40(21-30(29)2)75(28-70-39)57-52(84)53(41(27-76)87-57)89-90(85,86)88-31(3)26-69-49(83)18-19-59(8)37(22-46(66)80)56-62(11)61(10,25-48(68)82)36(14-17-45(65)79)51(74-62)33(5)55-60(9,24-47(67)81)34(12-15-43(63)77)38(71-55)23-42-58(6,7)35(13-16-44(64)78)50(72-42)32(4)54(59)73-56;;;/h20-21,23,28,31,34-37,41,52-53,56-57,76,84H,12-19,22,24-27H2,1-11H3,(H15,63,64,65,66,67,68,69,71,72,73,74,77,78,79,80,81,82,83,85,86);1H;;1H2/p-2/t31-,34+,35+,36+,37-,41+,52+,53+,56?,57-,59+,60-,61-,62-;;;/m0.../s1. The number of rotatable bonds is 26. The summed E-state index contributed by atoms with van der Waals surface area (Å²) < 4.78 is 31.9. The fourth-order valence-electron chi connectivity index (χ4n) is 15.3. The average molecular weight is 1380 g/mol. The van der Waals surface area contributed by atoms with Crippen LogP contribution >= 0.6 is 20.2 Å². The van der Waals surface area contributed by atoms with E-state index in [9.17, 15) is 53.2 Å². The Morgan fingerprint density at radius 2 is 1.38 bits per heavy atom. The third-order valence-corrected chi connectivity index (χ3v) is 21.6. The monoisotopic (exact) mass is 1380 g/mol. The van der Waals surface area contributed by atoms with Crippen LogP contribution in [0, 0.1) is 59.2 Å². The SMILES string of the molecule is C/C1=C2/[N-]C([C@H](CC(N)=O)[C@@]2(C)CCC(=O)NC[C@H](C)OP(=O)([O-])O[C@H]2[C@@H](O)[C@@H](n3cnc4cc(C)c(C)cc43)O[C@@H]2CO)[C@]2(C)N=C(/C(C)=C3N=C(/C=C4N=C1[C@@H](CCC(N)=O)C\4(C)C)[C@@H](CCC(N)=O)[C@]\3(C)CC(N)=O)[C@@H](CCC(N)=O)[C@]2(C)CC(N)=O.Cl.O.[Co]. The summed E-state index contributed by atoms with van der Waals surface area (Å²) in [4.78, 5) is 128. The average Bonchev–Trinajstić information content (AvgIpc) is 1.53. The Morgan fingerprint density at radius 1 is 0.796 bits per heavy atom. The Morgan fingerprint density at radius 3 is 1.95 bits per heavy atom. The Hall–Kier alpha value is -6.24. The predicted octanol–water partition coefficient (Wildman–Crippen LogP) is 2.91. The number of phosphoric ester groups is 1. The predicted molar refractivity (Wildman–Crippen MR) is 342 cm³/mol. The fourth-order valence-corrected chi connectivity index (χ4v) is 16.4. The molecule has 93 heavy (non-hydrogen) atoms. The first-order valence-electron chi connectivity index (χ1n) is 30.5. The first-order valence-corrected chi connectivity index (χ1v) is 32.0. The van der Waals surface area contributed by atoms with Crippen molar-refractivity contribution in [2.45, 2.75) is 189 Å². The van der Waals surface area contributed by atoms with Gasteiger partial charge in [-0.25, -0.2) is 4.98 Å². The molecule has 2 saturated heterocycles. The van der Waals surface area contributed by atoms with Crippen LogP contribution in [0.5, 0.6) is 0 Å². The molecule has 517 valence electrons. The van der Waals surface area contributed by atoms with E-state index in [4.69, 9.17) is 68.5 Å². The number of amides is 7. The van der Waals surface area contributed by atoms with Gasteiger partial charge in [0.1, 0.15) is 18.3 Å². The first-order chi connectivity index (χ1) is 41.8. The number of halogens is 1. The van der Waals surface area contributed by atoms with Crippen LogP contribution in [0.15, 0.2) is 67.8 Å². The number of aliphatic hydroxyl groups is 2. The van der Waals surface area contributed by atoms with Gasteiger partial charge >= 0.3 is 0 Å². The molecule has 0 aliphatic carbocycles. The summed E-state index contributed by atoms with van der Waals surface area (Å²) in [5.74, 6) is -7.40. The molecule has 0 saturated carbocycles. The summed E-state index contributed by atoms with van der Waals surface area (Å²) in [6, 6.07) is 2.65. The van der Waals surface area contributed by atoms with Crippen molar-refractivity contribution in [2.24, 2.45) is 94.7 Å². The Kier molecular flexibility index (Phi) is 24.2. The topological polar surface area (TPSA) is 496 Å². The number of nitrogens with zero attached hydrogens (tertiary/aromatic N) is 6. The number of carbonyl (C=O) groups is 7. The van der Waals surface area contributed by atoms with Crippen LogP contribution in [0.2, 0.25) is 0 Å². The summed E-state index contributed by atoms with van der Waals surface area (Å²) in [6.07, 6.45) is -4.79. The molecule has 1 aromatic heterocycles. The van der Waals surface area contributed by atoms with E-state index in [-0.39, 0.29) is 112 Å². The third-order valence-electron chi connectivity index (χ3n) is 20.5. The van der Waals surface area contributed by atoms with Crippen molar-refractivity contribution in [3.8, 4) is 0 Å². The van der Waals surface area contributed by atoms with Crippen molar-refractivity contribution in [2.75, 3.05) is 13.2 Å². The van der Waals surface area contributed by atoms with E-state index in [0.29, 0.717) is 56.4 Å². The van der Waals surface area contributed by atoms with E-state index in [0.717, 1.165) is 11.1 Å². The zero-order chi connectivity index (χ0) is 66.7. The molecule has 6 aliphatic heterocycles. The second-order valence-electron chi connectivity index (χ2n) is 27.0. The van der Waals surface area contributed by atoms with Crippen LogP contribution in [0.4, 0.5) is 0 Å². The van der Waals surface area contributed by atoms with Gasteiger partial charge < -0.3 is 84.0 Å². The molecule has 7 heterocycles. The van der Waals surface area contributed by atoms with Crippen LogP contribution in [-0.2, 0) is 68.7 Å². The number of phosphoric acid groups is 1. The van der Waals surface area contributed by atoms with Crippen LogP contribution in [0.1, 0.15) is 150 Å². The first kappa shape index (κ1) is 77.5. The van der Waals surface area contributed by atoms with Crippen molar-refractivity contribution >= 4 is 89.7 Å². The molecule has 7 amide bonds. The molecule has 2 fully saturated rings. The summed E-state index contributed by atoms with van der Waals surface area (Å²) in [5, 5.41) is 30.1. The quantitative estimate of drug-likeness (QED) is 0.0612. The Labute approximate surface area is 557 Å². The minimum absolute atomic E-state index is 0. The molecule has 8 rings (SSSR count). The van der Waals surface area contributed by atoms with Gasteiger partial charge in [0.2, 0.25) is 41.4 Å². The van der Waals surface area contributed by atoms with Gasteiger partial charge in [0.15, 0.2) is 6.23 Å². The number of nitrogens with two attached hydrogens (primary N) is 6. The molecule has 1 aromatic carbocycles. The van der Waals surface area contributed by atoms with Gasteiger partial charge in [-0.1, -0.05) is 40.7 Å². The molecule has 6 aliphatic rings. The molecule has 31 heteroatoms. The zero-order valence-electron chi connectivity index (χ0n) is 54.4. The maximum atomic E-state index is 14.4. The number of aromatic nitrogens is 2. The Balaban J connectivity index is 0.00000523. The molecule has 2 unspecified atom stereocenters. The summed E-state index contributed by atoms with van der Waals surface area (Å²) in [6.45, 7) is 19.0. The maximum Gasteiger partial charge on any atom is 0.268 e. The molecule has 15 atom stereocenters. The van der Waals surface area contributed by atoms with Crippen molar-refractivity contribution in [1.29, 1.82) is 0 Å². The van der Waals surface area contributed by atoms with Gasteiger partial charge in [0, 0.05) is 125 Å². The van der Waals surface area contributed by atoms with E-state index in [2.05, 4.69) is 10.3 Å². The van der Waals surface area contributed by atoms with Crippen molar-refractivity contribution < 1.29 is 89.3 Å². The number of aliphatic imine (C=N–C) groups is 3. The van der Waals surface area contributed by atoms with E-state index < -0.39 is 143 Å². The molecule has 17 N–H and O–H groups in total. The summed E-state index contributed by atoms with van der Waals surface area (Å²) >= 11 is 0. The number of hydrogen-bond acceptors (Lipinski definition) is 18. The van der Waals surface area contributed by atoms with E-state index >= 15 is 0 Å². The van der Waals surface area contributed by atoms with Gasteiger partial charge in [-0.2, -0.15) is 5.70 Å². The number of imidazole rings is 1. The van der Waals surface area contributed by atoms with Crippen LogP contribution < -0.4 is 44.6 Å². The second kappa shape index (κ2) is 29.0. The zero-order valence-corrected chi connectivity index (χ0v) is 57.2. The molecule has 2 aromatic rings. The molecular weight excluding hydrogens is 1290 g/mol. The molecule has 1 radical (unpaired) electrons.